The van der Waals surface area contributed by atoms with Crippen LogP contribution < -0.4 is 5.32 Å². The first-order chi connectivity index (χ1) is 9.22. The van der Waals surface area contributed by atoms with Crippen LogP contribution in [0.4, 0.5) is 0 Å². The summed E-state index contributed by atoms with van der Waals surface area (Å²) in [5.41, 5.74) is 1.35. The van der Waals surface area contributed by atoms with Crippen molar-refractivity contribution < 1.29 is 0 Å². The van der Waals surface area contributed by atoms with Crippen LogP contribution in [0.1, 0.15) is 23.4 Å². The summed E-state index contributed by atoms with van der Waals surface area (Å²) in [6.07, 6.45) is 0. The topological polar surface area (TPSA) is 12.0 Å². The van der Waals surface area contributed by atoms with Gasteiger partial charge in [-0.1, -0.05) is 25.1 Å². The monoisotopic (exact) mass is 355 g/mol. The average molecular weight is 356 g/mol. The summed E-state index contributed by atoms with van der Waals surface area (Å²) in [5, 5.41) is 5.72. The van der Waals surface area contributed by atoms with E-state index in [-0.39, 0.29) is 0 Å². The van der Waals surface area contributed by atoms with Crippen molar-refractivity contribution >= 4 is 39.0 Å². The molecule has 1 nitrogen and oxygen atoms in total. The minimum absolute atomic E-state index is 0.406. The van der Waals surface area contributed by atoms with Crippen LogP contribution in [0.15, 0.2) is 45.1 Å². The molecule has 0 amide bonds. The lowest BCUT2D eigenvalue weighted by Gasteiger charge is -2.17. The largest absolute Gasteiger partial charge is 0.309 e. The number of benzene rings is 1. The van der Waals surface area contributed by atoms with E-state index in [1.54, 1.807) is 0 Å². The Hall–Kier alpha value is -0.290. The Morgan fingerprint density at radius 3 is 2.74 bits per heavy atom. The highest BCUT2D eigenvalue weighted by Gasteiger charge is 2.15. The fourth-order valence-corrected chi connectivity index (χ4v) is 4.85. The number of rotatable bonds is 6. The lowest BCUT2D eigenvalue weighted by molar-refractivity contribution is 0.613. The van der Waals surface area contributed by atoms with Crippen LogP contribution in [0.3, 0.4) is 0 Å². The quantitative estimate of drug-likeness (QED) is 0.709. The van der Waals surface area contributed by atoms with Gasteiger partial charge in [0.25, 0.3) is 0 Å². The molecule has 1 heterocycles. The molecule has 0 radical (unpaired) electrons. The first-order valence-corrected chi connectivity index (χ1v) is 9.03. The molecule has 19 heavy (non-hydrogen) atoms. The number of thiophene rings is 1. The van der Waals surface area contributed by atoms with E-state index in [1.165, 1.54) is 19.8 Å². The molecule has 0 spiro atoms. The van der Waals surface area contributed by atoms with E-state index in [9.17, 15) is 0 Å². The van der Waals surface area contributed by atoms with Gasteiger partial charge in [0.2, 0.25) is 0 Å². The Kier molecular flexibility index (Phi) is 5.95. The zero-order chi connectivity index (χ0) is 13.7. The van der Waals surface area contributed by atoms with Crippen LogP contribution in [0.25, 0.3) is 0 Å². The van der Waals surface area contributed by atoms with Crippen LogP contribution in [0, 0.1) is 6.92 Å². The van der Waals surface area contributed by atoms with Gasteiger partial charge in [0, 0.05) is 20.0 Å². The molecule has 102 valence electrons. The van der Waals surface area contributed by atoms with Crippen LogP contribution in [-0.4, -0.2) is 12.3 Å². The highest BCUT2D eigenvalue weighted by molar-refractivity contribution is 9.10. The number of thioether (sulfide) groups is 1. The van der Waals surface area contributed by atoms with Crippen molar-refractivity contribution in [2.75, 3.05) is 12.3 Å². The second kappa shape index (κ2) is 7.48. The predicted octanol–water partition coefficient (Wildman–Crippen LogP) is 5.26. The number of nitrogens with one attached hydrogen (secondary N) is 1. The summed E-state index contributed by atoms with van der Waals surface area (Å²) in [7, 11) is 0. The molecular weight excluding hydrogens is 338 g/mol. The summed E-state index contributed by atoms with van der Waals surface area (Å²) in [4.78, 5) is 2.76. The molecule has 0 saturated carbocycles. The third-order valence-corrected chi connectivity index (χ3v) is 6.16. The Morgan fingerprint density at radius 1 is 1.32 bits per heavy atom. The van der Waals surface area contributed by atoms with E-state index in [0.717, 1.165) is 12.3 Å². The van der Waals surface area contributed by atoms with Gasteiger partial charge in [0.05, 0.1) is 6.04 Å². The molecule has 1 N–H and O–H groups in total. The fraction of sp³-hybridized carbons (Fsp3) is 0.333. The molecule has 4 heteroatoms. The van der Waals surface area contributed by atoms with Crippen LogP contribution in [-0.2, 0) is 0 Å². The maximum absolute atomic E-state index is 3.64. The molecule has 0 bridgehead atoms. The van der Waals surface area contributed by atoms with E-state index < -0.39 is 0 Å². The van der Waals surface area contributed by atoms with Gasteiger partial charge in [-0.25, -0.2) is 0 Å². The second-order valence-electron chi connectivity index (χ2n) is 4.32. The molecule has 0 fully saturated rings. The normalized spacial score (nSPS) is 12.6. The maximum atomic E-state index is 3.64. The molecule has 1 atom stereocenters. The van der Waals surface area contributed by atoms with Crippen LogP contribution in [0.2, 0.25) is 0 Å². The highest BCUT2D eigenvalue weighted by atomic mass is 79.9. The van der Waals surface area contributed by atoms with E-state index in [1.807, 2.05) is 23.1 Å². The number of hydrogen-bond donors (Lipinski definition) is 1. The lowest BCUT2D eigenvalue weighted by Crippen LogP contribution is -2.22. The van der Waals surface area contributed by atoms with Gasteiger partial charge in [-0.2, -0.15) is 0 Å². The first-order valence-electron chi connectivity index (χ1n) is 6.37. The van der Waals surface area contributed by atoms with Crippen LogP contribution in [0.5, 0.6) is 0 Å². The van der Waals surface area contributed by atoms with Crippen molar-refractivity contribution in [1.82, 2.24) is 5.32 Å². The minimum Gasteiger partial charge on any atom is -0.309 e. The van der Waals surface area contributed by atoms with E-state index in [4.69, 9.17) is 0 Å². The van der Waals surface area contributed by atoms with Gasteiger partial charge >= 0.3 is 0 Å². The molecule has 0 aliphatic rings. The lowest BCUT2D eigenvalue weighted by atomic mass is 10.2. The van der Waals surface area contributed by atoms with Gasteiger partial charge < -0.3 is 5.32 Å². The van der Waals surface area contributed by atoms with Gasteiger partial charge in [-0.3, -0.25) is 0 Å². The number of halogens is 1. The van der Waals surface area contributed by atoms with Crippen molar-refractivity contribution in [3.05, 3.63) is 50.6 Å². The Morgan fingerprint density at radius 2 is 2.11 bits per heavy atom. The summed E-state index contributed by atoms with van der Waals surface area (Å²) >= 11 is 7.38. The van der Waals surface area contributed by atoms with E-state index >= 15 is 0 Å². The average Bonchev–Trinajstić information content (AvgIpc) is 2.82. The molecule has 0 saturated heterocycles. The summed E-state index contributed by atoms with van der Waals surface area (Å²) in [6.45, 7) is 5.32. The molecule has 1 aromatic carbocycles. The third-order valence-electron chi connectivity index (χ3n) is 2.91. The zero-order valence-corrected chi connectivity index (χ0v) is 14.4. The minimum atomic E-state index is 0.406. The van der Waals surface area contributed by atoms with E-state index in [2.05, 4.69) is 70.8 Å². The van der Waals surface area contributed by atoms with Crippen molar-refractivity contribution in [2.24, 2.45) is 0 Å². The molecule has 1 aromatic heterocycles. The van der Waals surface area contributed by atoms with E-state index in [0.29, 0.717) is 6.04 Å². The number of aryl methyl sites for hydroxylation is 1. The zero-order valence-electron chi connectivity index (χ0n) is 11.2. The smallest absolute Gasteiger partial charge is 0.0521 e. The van der Waals surface area contributed by atoms with Gasteiger partial charge in [0.15, 0.2) is 0 Å². The standard InChI is InChI=1S/C15H18BrNS2/c1-3-17-13(15-12(16)8-9-18-15)10-19-14-7-5-4-6-11(14)2/h4-9,13,17H,3,10H2,1-2H3. The molecule has 2 aromatic rings. The predicted molar refractivity (Wildman–Crippen MR) is 90.3 cm³/mol. The molecular formula is C15H18BrNS2. The Balaban J connectivity index is 2.06. The second-order valence-corrected chi connectivity index (χ2v) is 7.18. The molecule has 0 aliphatic heterocycles. The Labute approximate surface area is 131 Å². The van der Waals surface area contributed by atoms with Crippen molar-refractivity contribution in [1.29, 1.82) is 0 Å². The molecule has 1 unspecified atom stereocenters. The summed E-state index contributed by atoms with van der Waals surface area (Å²) in [5.74, 6) is 1.05. The summed E-state index contributed by atoms with van der Waals surface area (Å²) < 4.78 is 1.22. The molecule has 2 rings (SSSR count). The van der Waals surface area contributed by atoms with Crippen molar-refractivity contribution in [3.8, 4) is 0 Å². The molecule has 0 aliphatic carbocycles. The van der Waals surface area contributed by atoms with Gasteiger partial charge in [-0.05, 0) is 52.5 Å². The summed E-state index contributed by atoms with van der Waals surface area (Å²) in [6, 6.07) is 11.1. The Bertz CT molecular complexity index is 524. The van der Waals surface area contributed by atoms with Gasteiger partial charge in [0.1, 0.15) is 0 Å². The highest BCUT2D eigenvalue weighted by Crippen LogP contribution is 2.33. The first kappa shape index (κ1) is 15.1. The fourth-order valence-electron chi connectivity index (χ4n) is 1.92. The van der Waals surface area contributed by atoms with Crippen molar-refractivity contribution in [3.63, 3.8) is 0 Å². The van der Waals surface area contributed by atoms with Crippen molar-refractivity contribution in [2.45, 2.75) is 24.8 Å². The third kappa shape index (κ3) is 4.09. The van der Waals surface area contributed by atoms with Gasteiger partial charge in [-0.15, -0.1) is 23.1 Å². The van der Waals surface area contributed by atoms with Crippen LogP contribution >= 0.6 is 39.0 Å². The number of hydrogen-bond acceptors (Lipinski definition) is 3. The maximum Gasteiger partial charge on any atom is 0.0521 e. The SMILES string of the molecule is CCNC(CSc1ccccc1C)c1sccc1Br.